The Morgan fingerprint density at radius 3 is 2.34 bits per heavy atom. The summed E-state index contributed by atoms with van der Waals surface area (Å²) < 4.78 is 0. The Hall–Kier alpha value is -3.41. The van der Waals surface area contributed by atoms with Gasteiger partial charge in [-0.2, -0.15) is 0 Å². The Balaban J connectivity index is 1.47. The fourth-order valence-corrected chi connectivity index (χ4v) is 3.77. The van der Waals surface area contributed by atoms with Crippen molar-refractivity contribution in [3.63, 3.8) is 0 Å². The Labute approximate surface area is 169 Å². The van der Waals surface area contributed by atoms with E-state index < -0.39 is 5.91 Å². The van der Waals surface area contributed by atoms with Gasteiger partial charge < -0.3 is 25.4 Å². The van der Waals surface area contributed by atoms with E-state index in [2.05, 4.69) is 15.2 Å². The molecule has 29 heavy (non-hydrogen) atoms. The third kappa shape index (κ3) is 4.21. The van der Waals surface area contributed by atoms with E-state index in [1.54, 1.807) is 0 Å². The van der Waals surface area contributed by atoms with Gasteiger partial charge in [-0.3, -0.25) is 4.79 Å². The van der Waals surface area contributed by atoms with Crippen LogP contribution in [-0.2, 0) is 6.42 Å². The predicted molar refractivity (Wildman–Crippen MR) is 114 cm³/mol. The van der Waals surface area contributed by atoms with Crippen molar-refractivity contribution in [2.24, 2.45) is 0 Å². The topological polar surface area (TPSA) is 88.6 Å². The number of piperidine rings is 1. The van der Waals surface area contributed by atoms with E-state index in [-0.39, 0.29) is 17.2 Å². The van der Waals surface area contributed by atoms with E-state index in [0.29, 0.717) is 17.8 Å². The molecule has 1 saturated heterocycles. The normalized spacial score (nSPS) is 14.0. The molecule has 0 atom stereocenters. The average Bonchev–Trinajstić information content (AvgIpc) is 3.03. The number of aromatic nitrogens is 1. The predicted octanol–water partition coefficient (Wildman–Crippen LogP) is 4.26. The largest absolute Gasteiger partial charge is 0.505 e. The molecule has 2 heterocycles. The molecule has 0 saturated carbocycles. The summed E-state index contributed by atoms with van der Waals surface area (Å²) in [5, 5.41) is 23.4. The Bertz CT molecular complexity index is 975. The summed E-state index contributed by atoms with van der Waals surface area (Å²) in [6, 6.07) is 17.2. The average molecular weight is 391 g/mol. The minimum Gasteiger partial charge on any atom is -0.505 e. The highest BCUT2D eigenvalue weighted by Gasteiger charge is 2.23. The van der Waals surface area contributed by atoms with Gasteiger partial charge in [0.2, 0.25) is 5.88 Å². The molecule has 1 amide bonds. The summed E-state index contributed by atoms with van der Waals surface area (Å²) in [6.45, 7) is 2.11. The van der Waals surface area contributed by atoms with E-state index in [9.17, 15) is 15.0 Å². The van der Waals surface area contributed by atoms with Gasteiger partial charge in [0.1, 0.15) is 5.56 Å². The molecular weight excluding hydrogens is 366 g/mol. The summed E-state index contributed by atoms with van der Waals surface area (Å²) in [7, 11) is 0. The number of hydrogen-bond acceptors (Lipinski definition) is 4. The van der Waals surface area contributed by atoms with Crippen LogP contribution in [0.1, 0.15) is 40.9 Å². The number of aromatic amines is 1. The van der Waals surface area contributed by atoms with E-state index in [4.69, 9.17) is 0 Å². The second-order valence-electron chi connectivity index (χ2n) is 7.39. The highest BCUT2D eigenvalue weighted by Crippen LogP contribution is 2.33. The number of rotatable bonds is 5. The molecule has 4 N–H and O–H groups in total. The fraction of sp³-hybridized carbons (Fsp3) is 0.261. The van der Waals surface area contributed by atoms with Crippen molar-refractivity contribution in [2.45, 2.75) is 25.7 Å². The maximum atomic E-state index is 12.6. The smallest absolute Gasteiger partial charge is 0.264 e. The monoisotopic (exact) mass is 391 g/mol. The van der Waals surface area contributed by atoms with E-state index in [1.807, 2.05) is 54.6 Å². The molecule has 150 valence electrons. The van der Waals surface area contributed by atoms with Crippen LogP contribution in [0.25, 0.3) is 0 Å². The lowest BCUT2D eigenvalue weighted by Gasteiger charge is -2.28. The maximum absolute atomic E-state index is 12.6. The van der Waals surface area contributed by atoms with Gasteiger partial charge in [-0.15, -0.1) is 0 Å². The van der Waals surface area contributed by atoms with Gasteiger partial charge in [-0.1, -0.05) is 30.3 Å². The molecular formula is C23H25N3O3. The minimum atomic E-state index is -0.554. The van der Waals surface area contributed by atoms with Crippen molar-refractivity contribution in [2.75, 3.05) is 23.3 Å². The first-order valence-corrected chi connectivity index (χ1v) is 9.95. The van der Waals surface area contributed by atoms with Crippen LogP contribution in [0, 0.1) is 0 Å². The third-order valence-electron chi connectivity index (χ3n) is 5.33. The lowest BCUT2D eigenvalue weighted by molar-refractivity contribution is 0.102. The van der Waals surface area contributed by atoms with E-state index in [1.165, 1.54) is 19.3 Å². The lowest BCUT2D eigenvalue weighted by Crippen LogP contribution is -2.29. The zero-order valence-corrected chi connectivity index (χ0v) is 16.2. The van der Waals surface area contributed by atoms with Gasteiger partial charge in [0.05, 0.1) is 5.69 Å². The van der Waals surface area contributed by atoms with Crippen LogP contribution in [-0.4, -0.2) is 34.2 Å². The zero-order valence-electron chi connectivity index (χ0n) is 16.2. The number of carbonyl (C=O) groups excluding carboxylic acids is 1. The Morgan fingerprint density at radius 1 is 0.966 bits per heavy atom. The quantitative estimate of drug-likeness (QED) is 0.523. The molecule has 3 aromatic rings. The number of anilines is 2. The van der Waals surface area contributed by atoms with Crippen LogP contribution in [0.5, 0.6) is 11.6 Å². The zero-order chi connectivity index (χ0) is 20.2. The third-order valence-corrected chi connectivity index (χ3v) is 5.33. The van der Waals surface area contributed by atoms with Crippen molar-refractivity contribution >= 4 is 17.3 Å². The Morgan fingerprint density at radius 2 is 1.66 bits per heavy atom. The number of aromatic hydroxyl groups is 2. The van der Waals surface area contributed by atoms with Crippen LogP contribution in [0.3, 0.4) is 0 Å². The van der Waals surface area contributed by atoms with Gasteiger partial charge in [0.15, 0.2) is 5.75 Å². The van der Waals surface area contributed by atoms with Crippen molar-refractivity contribution < 1.29 is 15.0 Å². The van der Waals surface area contributed by atoms with Gasteiger partial charge >= 0.3 is 0 Å². The summed E-state index contributed by atoms with van der Waals surface area (Å²) in [5.41, 5.74) is 2.97. The molecule has 6 nitrogen and oxygen atoms in total. The van der Waals surface area contributed by atoms with Gasteiger partial charge in [-0.05, 0) is 49.1 Å². The van der Waals surface area contributed by atoms with Crippen LogP contribution in [0.2, 0.25) is 0 Å². The molecule has 1 aromatic heterocycles. The molecule has 0 spiro atoms. The molecule has 1 aliphatic rings. The molecule has 1 aliphatic heterocycles. The first-order valence-electron chi connectivity index (χ1n) is 9.95. The molecule has 6 heteroatoms. The number of amides is 1. The maximum Gasteiger partial charge on any atom is 0.264 e. The molecule has 4 rings (SSSR count). The van der Waals surface area contributed by atoms with Crippen molar-refractivity contribution in [1.29, 1.82) is 0 Å². The summed E-state index contributed by atoms with van der Waals surface area (Å²) in [6.07, 6.45) is 4.07. The van der Waals surface area contributed by atoms with Crippen LogP contribution < -0.4 is 10.2 Å². The number of H-pyrrole nitrogens is 1. The standard InChI is InChI=1S/C23H25N3O3/c27-21-19(15-16-7-3-1-4-8-16)25-23(29)20(21)22(28)24-17-9-11-18(12-10-17)26-13-5-2-6-14-26/h1,3-4,7-12,25,27,29H,2,5-6,13-15H2,(H,24,28). The van der Waals surface area contributed by atoms with Gasteiger partial charge in [0, 0.05) is 30.9 Å². The van der Waals surface area contributed by atoms with Gasteiger partial charge in [0.25, 0.3) is 5.91 Å². The molecule has 0 aliphatic carbocycles. The SMILES string of the molecule is O=C(Nc1ccc(N2CCCCC2)cc1)c1c(O)[nH]c(Cc2ccccc2)c1O. The highest BCUT2D eigenvalue weighted by atomic mass is 16.3. The van der Waals surface area contributed by atoms with Crippen molar-refractivity contribution in [3.8, 4) is 11.6 Å². The van der Waals surface area contributed by atoms with Crippen LogP contribution >= 0.6 is 0 Å². The molecule has 0 bridgehead atoms. The summed E-state index contributed by atoms with van der Waals surface area (Å²) in [5.74, 6) is -1.12. The lowest BCUT2D eigenvalue weighted by atomic mass is 10.1. The number of carbonyl (C=O) groups is 1. The molecule has 2 aromatic carbocycles. The van der Waals surface area contributed by atoms with Gasteiger partial charge in [-0.25, -0.2) is 0 Å². The minimum absolute atomic E-state index is 0.143. The number of benzene rings is 2. The second kappa shape index (κ2) is 8.31. The van der Waals surface area contributed by atoms with Crippen LogP contribution in [0.4, 0.5) is 11.4 Å². The Kier molecular flexibility index (Phi) is 5.42. The van der Waals surface area contributed by atoms with E-state index in [0.717, 1.165) is 24.3 Å². The number of nitrogens with one attached hydrogen (secondary N) is 2. The fourth-order valence-electron chi connectivity index (χ4n) is 3.77. The highest BCUT2D eigenvalue weighted by molar-refractivity contribution is 6.08. The van der Waals surface area contributed by atoms with Crippen molar-refractivity contribution in [1.82, 2.24) is 4.98 Å². The molecule has 0 radical (unpaired) electrons. The first-order chi connectivity index (χ1) is 14.1. The second-order valence-corrected chi connectivity index (χ2v) is 7.39. The number of nitrogens with zero attached hydrogens (tertiary/aromatic N) is 1. The van der Waals surface area contributed by atoms with Crippen molar-refractivity contribution in [3.05, 3.63) is 71.4 Å². The van der Waals surface area contributed by atoms with Crippen LogP contribution in [0.15, 0.2) is 54.6 Å². The molecule has 0 unspecified atom stereocenters. The summed E-state index contributed by atoms with van der Waals surface area (Å²) in [4.78, 5) is 17.7. The summed E-state index contributed by atoms with van der Waals surface area (Å²) >= 11 is 0. The first kappa shape index (κ1) is 18.9. The number of hydrogen-bond donors (Lipinski definition) is 4. The molecule has 1 fully saturated rings. The van der Waals surface area contributed by atoms with E-state index >= 15 is 0 Å².